The van der Waals surface area contributed by atoms with E-state index in [2.05, 4.69) is 24.5 Å². The molecule has 0 aliphatic carbocycles. The predicted molar refractivity (Wildman–Crippen MR) is 99.9 cm³/mol. The number of ether oxygens (including phenoxy) is 2. The normalized spacial score (nSPS) is 26.4. The zero-order valence-corrected chi connectivity index (χ0v) is 15.3. The number of hydrogen-bond donors (Lipinski definition) is 1. The summed E-state index contributed by atoms with van der Waals surface area (Å²) in [4.78, 5) is 2.33. The molecule has 2 aliphatic rings. The summed E-state index contributed by atoms with van der Waals surface area (Å²) in [6, 6.07) is 8.01. The Kier molecular flexibility index (Phi) is 6.51. The van der Waals surface area contributed by atoms with Gasteiger partial charge in [-0.1, -0.05) is 36.8 Å². The van der Waals surface area contributed by atoms with E-state index < -0.39 is 6.10 Å². The molecule has 3 atom stereocenters. The van der Waals surface area contributed by atoms with Crippen molar-refractivity contribution in [3.05, 3.63) is 42.0 Å². The van der Waals surface area contributed by atoms with Crippen molar-refractivity contribution in [2.45, 2.75) is 57.3 Å². The van der Waals surface area contributed by atoms with Gasteiger partial charge in [-0.05, 0) is 51.8 Å². The van der Waals surface area contributed by atoms with E-state index in [0.29, 0.717) is 13.2 Å². The molecule has 0 bridgehead atoms. The first-order chi connectivity index (χ1) is 12.1. The van der Waals surface area contributed by atoms with Crippen molar-refractivity contribution in [1.82, 2.24) is 4.90 Å². The summed E-state index contributed by atoms with van der Waals surface area (Å²) in [6.45, 7) is 9.41. The maximum Gasteiger partial charge on any atom is 0.125 e. The van der Waals surface area contributed by atoms with Crippen LogP contribution in [0, 0.1) is 0 Å². The van der Waals surface area contributed by atoms with Gasteiger partial charge in [-0.25, -0.2) is 0 Å². The minimum absolute atomic E-state index is 0.00770. The van der Waals surface area contributed by atoms with Crippen molar-refractivity contribution in [3.63, 3.8) is 0 Å². The Hall–Kier alpha value is -1.36. The molecule has 2 fully saturated rings. The van der Waals surface area contributed by atoms with Crippen LogP contribution >= 0.6 is 0 Å². The summed E-state index contributed by atoms with van der Waals surface area (Å²) < 4.78 is 12.1. The number of nitrogens with zero attached hydrogens (tertiary/aromatic N) is 1. The Labute approximate surface area is 151 Å². The molecule has 1 N–H and O–H groups in total. The van der Waals surface area contributed by atoms with Crippen molar-refractivity contribution in [1.29, 1.82) is 0 Å². The average Bonchev–Trinajstić information content (AvgIpc) is 2.60. The highest BCUT2D eigenvalue weighted by atomic mass is 16.5. The molecule has 1 aromatic rings. The van der Waals surface area contributed by atoms with Crippen molar-refractivity contribution in [3.8, 4) is 5.75 Å². The Morgan fingerprint density at radius 2 is 2.00 bits per heavy atom. The summed E-state index contributed by atoms with van der Waals surface area (Å²) >= 11 is 0. The SMILES string of the molecule is C=C1C[C@@H](C)O[C@@H](c2ccccc2OC[C@H](O)CN2CCCCC2)C1. The van der Waals surface area contributed by atoms with Gasteiger partial charge in [0.15, 0.2) is 0 Å². The van der Waals surface area contributed by atoms with Crippen molar-refractivity contribution in [2.24, 2.45) is 0 Å². The lowest BCUT2D eigenvalue weighted by Crippen LogP contribution is -2.38. The fourth-order valence-corrected chi connectivity index (χ4v) is 3.87. The van der Waals surface area contributed by atoms with E-state index in [1.54, 1.807) is 0 Å². The van der Waals surface area contributed by atoms with Crippen molar-refractivity contribution in [2.75, 3.05) is 26.2 Å². The second kappa shape index (κ2) is 8.84. The van der Waals surface area contributed by atoms with Crippen LogP contribution in [0.5, 0.6) is 5.75 Å². The summed E-state index contributed by atoms with van der Waals surface area (Å²) in [6.07, 6.45) is 5.24. The van der Waals surface area contributed by atoms with E-state index in [-0.39, 0.29) is 12.2 Å². The van der Waals surface area contributed by atoms with Gasteiger partial charge < -0.3 is 19.5 Å². The number of piperidine rings is 1. The van der Waals surface area contributed by atoms with Gasteiger partial charge >= 0.3 is 0 Å². The van der Waals surface area contributed by atoms with Crippen molar-refractivity contribution < 1.29 is 14.6 Å². The van der Waals surface area contributed by atoms with Crippen molar-refractivity contribution >= 4 is 0 Å². The van der Waals surface area contributed by atoms with Crippen LogP contribution in [0.2, 0.25) is 0 Å². The molecular weight excluding hydrogens is 314 g/mol. The van der Waals surface area contributed by atoms with Gasteiger partial charge in [-0.2, -0.15) is 0 Å². The first kappa shape index (κ1) is 18.4. The number of aliphatic hydroxyl groups excluding tert-OH is 1. The summed E-state index contributed by atoms with van der Waals surface area (Å²) in [5.74, 6) is 0.812. The summed E-state index contributed by atoms with van der Waals surface area (Å²) in [5, 5.41) is 10.3. The van der Waals surface area contributed by atoms with E-state index in [1.165, 1.54) is 24.8 Å². The molecule has 0 saturated carbocycles. The molecule has 2 heterocycles. The van der Waals surface area contributed by atoms with Gasteiger partial charge in [0.2, 0.25) is 0 Å². The van der Waals surface area contributed by atoms with Gasteiger partial charge in [0, 0.05) is 12.1 Å². The topological polar surface area (TPSA) is 41.9 Å². The summed E-state index contributed by atoms with van der Waals surface area (Å²) in [7, 11) is 0. The standard InChI is InChI=1S/C21H31NO3/c1-16-12-17(2)25-21(13-16)19-8-4-5-9-20(19)24-15-18(23)14-22-10-6-3-7-11-22/h4-5,8-9,17-18,21,23H,1,3,6-7,10-15H2,2H3/t17-,18-,21-/m1/s1. The molecule has 0 amide bonds. The number of benzene rings is 1. The maximum atomic E-state index is 10.3. The van der Waals surface area contributed by atoms with Gasteiger partial charge in [0.25, 0.3) is 0 Å². The molecule has 2 aliphatic heterocycles. The Morgan fingerprint density at radius 1 is 1.24 bits per heavy atom. The second-order valence-corrected chi connectivity index (χ2v) is 7.46. The smallest absolute Gasteiger partial charge is 0.125 e. The van der Waals surface area contributed by atoms with E-state index in [0.717, 1.165) is 37.2 Å². The highest BCUT2D eigenvalue weighted by Gasteiger charge is 2.25. The molecule has 4 nitrogen and oxygen atoms in total. The van der Waals surface area contributed by atoms with Crippen LogP contribution < -0.4 is 4.74 Å². The molecule has 4 heteroatoms. The molecule has 3 rings (SSSR count). The lowest BCUT2D eigenvalue weighted by atomic mass is 9.95. The molecule has 138 valence electrons. The number of hydrogen-bond acceptors (Lipinski definition) is 4. The van der Waals surface area contributed by atoms with Gasteiger partial charge in [-0.15, -0.1) is 0 Å². The minimum atomic E-state index is -0.465. The molecule has 0 aromatic heterocycles. The van der Waals surface area contributed by atoms with E-state index >= 15 is 0 Å². The zero-order valence-electron chi connectivity index (χ0n) is 15.3. The number of rotatable bonds is 6. The van der Waals surface area contributed by atoms with Gasteiger partial charge in [0.05, 0.1) is 12.2 Å². The van der Waals surface area contributed by atoms with Crippen LogP contribution in [-0.4, -0.2) is 48.5 Å². The van der Waals surface area contributed by atoms with E-state index in [1.807, 2.05) is 18.2 Å². The third-order valence-corrected chi connectivity index (χ3v) is 5.06. The molecular formula is C21H31NO3. The lowest BCUT2D eigenvalue weighted by Gasteiger charge is -2.31. The molecule has 2 saturated heterocycles. The third-order valence-electron chi connectivity index (χ3n) is 5.06. The molecule has 0 spiro atoms. The van der Waals surface area contributed by atoms with Crippen LogP contribution in [0.4, 0.5) is 0 Å². The quantitative estimate of drug-likeness (QED) is 0.798. The van der Waals surface area contributed by atoms with Crippen LogP contribution in [0.15, 0.2) is 36.4 Å². The molecule has 0 unspecified atom stereocenters. The Morgan fingerprint density at radius 3 is 2.76 bits per heavy atom. The van der Waals surface area contributed by atoms with Crippen LogP contribution in [0.3, 0.4) is 0 Å². The van der Waals surface area contributed by atoms with Gasteiger partial charge in [0.1, 0.15) is 18.5 Å². The highest BCUT2D eigenvalue weighted by Crippen LogP contribution is 2.37. The monoisotopic (exact) mass is 345 g/mol. The number of β-amino-alcohol motifs (C(OH)–C–C–N with tert-alkyl or cyclic N) is 1. The zero-order chi connectivity index (χ0) is 17.6. The van der Waals surface area contributed by atoms with E-state index in [9.17, 15) is 5.11 Å². The van der Waals surface area contributed by atoms with Crippen LogP contribution in [0.1, 0.15) is 50.7 Å². The van der Waals surface area contributed by atoms with Crippen LogP contribution in [-0.2, 0) is 4.74 Å². The first-order valence-corrected chi connectivity index (χ1v) is 9.56. The van der Waals surface area contributed by atoms with Gasteiger partial charge in [-0.3, -0.25) is 0 Å². The number of aliphatic hydroxyl groups is 1. The third kappa shape index (κ3) is 5.30. The molecule has 25 heavy (non-hydrogen) atoms. The molecule has 0 radical (unpaired) electrons. The number of likely N-dealkylation sites (tertiary alicyclic amines) is 1. The highest BCUT2D eigenvalue weighted by molar-refractivity contribution is 5.36. The minimum Gasteiger partial charge on any atom is -0.490 e. The predicted octanol–water partition coefficient (Wildman–Crippen LogP) is 3.71. The Balaban J connectivity index is 1.58. The summed E-state index contributed by atoms with van der Waals surface area (Å²) in [5.41, 5.74) is 2.28. The maximum absolute atomic E-state index is 10.3. The fourth-order valence-electron chi connectivity index (χ4n) is 3.87. The largest absolute Gasteiger partial charge is 0.490 e. The Bertz CT molecular complexity index is 568. The fraction of sp³-hybridized carbons (Fsp3) is 0.619. The second-order valence-electron chi connectivity index (χ2n) is 7.46. The van der Waals surface area contributed by atoms with Crippen LogP contribution in [0.25, 0.3) is 0 Å². The molecule has 1 aromatic carbocycles. The average molecular weight is 345 g/mol. The number of para-hydroxylation sites is 1. The lowest BCUT2D eigenvalue weighted by molar-refractivity contribution is -0.0243. The van der Waals surface area contributed by atoms with E-state index in [4.69, 9.17) is 9.47 Å². The first-order valence-electron chi connectivity index (χ1n) is 9.56.